The molecule has 0 aromatic carbocycles. The standard InChI is InChI=1S/C14H19N3O4/c1-3-20-14(19)13(18)17-8-5-11(6-9-17)21-12-4-7-15-10(2)16-12/h4,7,11H,3,5-6,8-9H2,1-2H3. The second-order valence-electron chi connectivity index (χ2n) is 4.77. The van der Waals surface area contributed by atoms with Crippen LogP contribution in [-0.4, -0.2) is 52.5 Å². The van der Waals surface area contributed by atoms with Crippen molar-refractivity contribution in [3.63, 3.8) is 0 Å². The molecule has 1 aromatic heterocycles. The molecule has 0 spiro atoms. The van der Waals surface area contributed by atoms with Gasteiger partial charge in [0, 0.05) is 38.2 Å². The van der Waals surface area contributed by atoms with Crippen LogP contribution in [0, 0.1) is 6.92 Å². The second kappa shape index (κ2) is 7.01. The van der Waals surface area contributed by atoms with E-state index >= 15 is 0 Å². The molecule has 114 valence electrons. The van der Waals surface area contributed by atoms with E-state index in [4.69, 9.17) is 9.47 Å². The highest BCUT2D eigenvalue weighted by molar-refractivity contribution is 6.32. The number of amides is 1. The van der Waals surface area contributed by atoms with Crippen molar-refractivity contribution in [2.75, 3.05) is 19.7 Å². The van der Waals surface area contributed by atoms with Crippen LogP contribution < -0.4 is 4.74 Å². The minimum atomic E-state index is -0.789. The minimum Gasteiger partial charge on any atom is -0.474 e. The molecule has 0 aliphatic carbocycles. The van der Waals surface area contributed by atoms with E-state index < -0.39 is 11.9 Å². The molecule has 1 aromatic rings. The normalized spacial score (nSPS) is 15.6. The van der Waals surface area contributed by atoms with Crippen LogP contribution in [0.2, 0.25) is 0 Å². The Hall–Kier alpha value is -2.18. The molecule has 2 heterocycles. The average molecular weight is 293 g/mol. The Labute approximate surface area is 123 Å². The fraction of sp³-hybridized carbons (Fsp3) is 0.571. The van der Waals surface area contributed by atoms with Gasteiger partial charge in [-0.15, -0.1) is 0 Å². The lowest BCUT2D eigenvalue weighted by Crippen LogP contribution is -2.45. The number of likely N-dealkylation sites (tertiary alicyclic amines) is 1. The first kappa shape index (κ1) is 15.2. The summed E-state index contributed by atoms with van der Waals surface area (Å²) < 4.78 is 10.5. The summed E-state index contributed by atoms with van der Waals surface area (Å²) in [6.45, 7) is 4.64. The van der Waals surface area contributed by atoms with E-state index in [9.17, 15) is 9.59 Å². The summed E-state index contributed by atoms with van der Waals surface area (Å²) in [5.41, 5.74) is 0. The van der Waals surface area contributed by atoms with Gasteiger partial charge in [-0.1, -0.05) is 0 Å². The number of esters is 1. The van der Waals surface area contributed by atoms with E-state index in [0.717, 1.165) is 0 Å². The Morgan fingerprint density at radius 1 is 1.38 bits per heavy atom. The van der Waals surface area contributed by atoms with Gasteiger partial charge in [-0.3, -0.25) is 4.79 Å². The fourth-order valence-electron chi connectivity index (χ4n) is 2.17. The summed E-state index contributed by atoms with van der Waals surface area (Å²) in [5, 5.41) is 0. The molecule has 1 saturated heterocycles. The van der Waals surface area contributed by atoms with Crippen molar-refractivity contribution < 1.29 is 19.1 Å². The van der Waals surface area contributed by atoms with Gasteiger partial charge in [0.15, 0.2) is 0 Å². The molecule has 1 aliphatic rings. The summed E-state index contributed by atoms with van der Waals surface area (Å²) >= 11 is 0. The first-order valence-electron chi connectivity index (χ1n) is 7.02. The topological polar surface area (TPSA) is 81.6 Å². The molecule has 7 heteroatoms. The monoisotopic (exact) mass is 293 g/mol. The van der Waals surface area contributed by atoms with Gasteiger partial charge in [-0.2, -0.15) is 4.98 Å². The van der Waals surface area contributed by atoms with E-state index in [1.54, 1.807) is 26.1 Å². The van der Waals surface area contributed by atoms with Gasteiger partial charge in [-0.25, -0.2) is 9.78 Å². The summed E-state index contributed by atoms with van der Waals surface area (Å²) in [7, 11) is 0. The fourth-order valence-corrected chi connectivity index (χ4v) is 2.17. The molecule has 1 fully saturated rings. The number of aryl methyl sites for hydroxylation is 1. The van der Waals surface area contributed by atoms with Crippen molar-refractivity contribution in [3.05, 3.63) is 18.1 Å². The molecule has 7 nitrogen and oxygen atoms in total. The van der Waals surface area contributed by atoms with Crippen LogP contribution in [-0.2, 0) is 14.3 Å². The van der Waals surface area contributed by atoms with E-state index in [0.29, 0.717) is 37.6 Å². The number of piperidine rings is 1. The molecular weight excluding hydrogens is 274 g/mol. The third kappa shape index (κ3) is 4.14. The number of aromatic nitrogens is 2. The van der Waals surface area contributed by atoms with Crippen LogP contribution in [0.4, 0.5) is 0 Å². The van der Waals surface area contributed by atoms with Crippen molar-refractivity contribution >= 4 is 11.9 Å². The molecule has 2 rings (SSSR count). The zero-order chi connectivity index (χ0) is 15.2. The minimum absolute atomic E-state index is 0.00875. The first-order valence-corrected chi connectivity index (χ1v) is 7.02. The number of carbonyl (C=O) groups is 2. The molecule has 0 radical (unpaired) electrons. The molecular formula is C14H19N3O4. The zero-order valence-corrected chi connectivity index (χ0v) is 12.2. The Balaban J connectivity index is 1.83. The Kier molecular flexibility index (Phi) is 5.08. The van der Waals surface area contributed by atoms with Crippen molar-refractivity contribution in [2.24, 2.45) is 0 Å². The molecule has 0 unspecified atom stereocenters. The quantitative estimate of drug-likeness (QED) is 0.603. The molecule has 1 amide bonds. The number of hydrogen-bond donors (Lipinski definition) is 0. The lowest BCUT2D eigenvalue weighted by molar-refractivity contribution is -0.160. The maximum Gasteiger partial charge on any atom is 0.397 e. The smallest absolute Gasteiger partial charge is 0.397 e. The first-order chi connectivity index (χ1) is 10.1. The second-order valence-corrected chi connectivity index (χ2v) is 4.77. The summed E-state index contributed by atoms with van der Waals surface area (Å²) in [5.74, 6) is -0.170. The molecule has 0 bridgehead atoms. The third-order valence-electron chi connectivity index (χ3n) is 3.22. The van der Waals surface area contributed by atoms with Gasteiger partial charge < -0.3 is 14.4 Å². The van der Waals surface area contributed by atoms with Crippen molar-refractivity contribution in [1.29, 1.82) is 0 Å². The van der Waals surface area contributed by atoms with E-state index in [1.807, 2.05) is 0 Å². The molecule has 0 atom stereocenters. The van der Waals surface area contributed by atoms with Gasteiger partial charge in [0.2, 0.25) is 5.88 Å². The van der Waals surface area contributed by atoms with Gasteiger partial charge in [0.25, 0.3) is 0 Å². The van der Waals surface area contributed by atoms with Crippen LogP contribution in [0.1, 0.15) is 25.6 Å². The number of nitrogens with zero attached hydrogens (tertiary/aromatic N) is 3. The summed E-state index contributed by atoms with van der Waals surface area (Å²) in [4.78, 5) is 32.9. The molecule has 1 aliphatic heterocycles. The SMILES string of the molecule is CCOC(=O)C(=O)N1CCC(Oc2ccnc(C)n2)CC1. The lowest BCUT2D eigenvalue weighted by atomic mass is 10.1. The van der Waals surface area contributed by atoms with Gasteiger partial charge >= 0.3 is 11.9 Å². The average Bonchev–Trinajstić information content (AvgIpc) is 2.47. The van der Waals surface area contributed by atoms with E-state index in [-0.39, 0.29) is 12.7 Å². The Morgan fingerprint density at radius 3 is 2.71 bits per heavy atom. The van der Waals surface area contributed by atoms with Crippen LogP contribution in [0.25, 0.3) is 0 Å². The number of rotatable bonds is 3. The van der Waals surface area contributed by atoms with Crippen LogP contribution >= 0.6 is 0 Å². The van der Waals surface area contributed by atoms with Crippen LogP contribution in [0.5, 0.6) is 5.88 Å². The summed E-state index contributed by atoms with van der Waals surface area (Å²) in [6.07, 6.45) is 2.96. The van der Waals surface area contributed by atoms with Crippen molar-refractivity contribution in [1.82, 2.24) is 14.9 Å². The Morgan fingerprint density at radius 2 is 2.10 bits per heavy atom. The van der Waals surface area contributed by atoms with Gasteiger partial charge in [0.05, 0.1) is 6.61 Å². The predicted molar refractivity (Wildman–Crippen MR) is 73.6 cm³/mol. The predicted octanol–water partition coefficient (Wildman–Crippen LogP) is 0.718. The van der Waals surface area contributed by atoms with Gasteiger partial charge in [0.1, 0.15) is 11.9 Å². The van der Waals surface area contributed by atoms with Crippen molar-refractivity contribution in [3.8, 4) is 5.88 Å². The molecule has 0 N–H and O–H groups in total. The van der Waals surface area contributed by atoms with Gasteiger partial charge in [-0.05, 0) is 13.8 Å². The Bertz CT molecular complexity index is 513. The highest BCUT2D eigenvalue weighted by Crippen LogP contribution is 2.17. The highest BCUT2D eigenvalue weighted by Gasteiger charge is 2.28. The summed E-state index contributed by atoms with van der Waals surface area (Å²) in [6, 6.07) is 1.71. The third-order valence-corrected chi connectivity index (χ3v) is 3.22. The molecule has 0 saturated carbocycles. The van der Waals surface area contributed by atoms with Crippen molar-refractivity contribution in [2.45, 2.75) is 32.8 Å². The zero-order valence-electron chi connectivity index (χ0n) is 12.2. The molecule has 21 heavy (non-hydrogen) atoms. The highest BCUT2D eigenvalue weighted by atomic mass is 16.5. The van der Waals surface area contributed by atoms with Crippen LogP contribution in [0.3, 0.4) is 0 Å². The van der Waals surface area contributed by atoms with E-state index in [2.05, 4.69) is 9.97 Å². The van der Waals surface area contributed by atoms with E-state index in [1.165, 1.54) is 4.90 Å². The van der Waals surface area contributed by atoms with Crippen LogP contribution in [0.15, 0.2) is 12.3 Å². The number of carbonyl (C=O) groups excluding carboxylic acids is 2. The largest absolute Gasteiger partial charge is 0.474 e. The maximum absolute atomic E-state index is 11.8. The maximum atomic E-state index is 11.8. The number of hydrogen-bond acceptors (Lipinski definition) is 6. The number of ether oxygens (including phenoxy) is 2. The lowest BCUT2D eigenvalue weighted by Gasteiger charge is -2.31.